The van der Waals surface area contributed by atoms with Gasteiger partial charge in [-0.2, -0.15) is 0 Å². The summed E-state index contributed by atoms with van der Waals surface area (Å²) in [7, 11) is 6.28. The maximum Gasteiger partial charge on any atom is 0.167 e. The highest BCUT2D eigenvalue weighted by molar-refractivity contribution is 5.83. The lowest BCUT2D eigenvalue weighted by Gasteiger charge is -2.26. The van der Waals surface area contributed by atoms with E-state index in [0.29, 0.717) is 0 Å². The van der Waals surface area contributed by atoms with Crippen molar-refractivity contribution in [2.75, 3.05) is 21.1 Å². The van der Waals surface area contributed by atoms with Gasteiger partial charge in [-0.05, 0) is 25.2 Å². The molecule has 3 aromatic rings. The van der Waals surface area contributed by atoms with Gasteiger partial charge in [0.15, 0.2) is 5.76 Å². The lowest BCUT2D eigenvalue weighted by molar-refractivity contribution is 0.402. The number of nitrogens with zero attached hydrogens (tertiary/aromatic N) is 3. The molecule has 1 aliphatic heterocycles. The normalized spacial score (nSPS) is 13.7. The van der Waals surface area contributed by atoms with E-state index >= 15 is 0 Å². The zero-order chi connectivity index (χ0) is 18.1. The van der Waals surface area contributed by atoms with E-state index in [0.717, 1.165) is 41.4 Å². The van der Waals surface area contributed by atoms with Crippen molar-refractivity contribution in [3.8, 4) is 11.3 Å². The Hall–Kier alpha value is -2.85. The molecule has 0 N–H and O–H groups in total. The van der Waals surface area contributed by atoms with Gasteiger partial charge in [-0.3, -0.25) is 0 Å². The summed E-state index contributed by atoms with van der Waals surface area (Å²) in [6, 6.07) is 19.0. The highest BCUT2D eigenvalue weighted by atomic mass is 16.5. The molecule has 0 spiro atoms. The minimum absolute atomic E-state index is 0.786. The van der Waals surface area contributed by atoms with Gasteiger partial charge in [0, 0.05) is 43.0 Å². The number of rotatable bonds is 4. The van der Waals surface area contributed by atoms with Crippen molar-refractivity contribution in [1.29, 1.82) is 0 Å². The van der Waals surface area contributed by atoms with Gasteiger partial charge in [-0.1, -0.05) is 59.8 Å². The van der Waals surface area contributed by atoms with Gasteiger partial charge in [0.1, 0.15) is 5.69 Å². The number of benzene rings is 2. The Labute approximate surface area is 154 Å². The van der Waals surface area contributed by atoms with Crippen LogP contribution >= 0.6 is 0 Å². The molecule has 0 fully saturated rings. The Morgan fingerprint density at radius 1 is 1.00 bits per heavy atom. The molecule has 4 rings (SSSR count). The topological polar surface area (TPSA) is 32.5 Å². The average molecular weight is 345 g/mol. The molecule has 4 nitrogen and oxygen atoms in total. The molecular weight excluding hydrogens is 322 g/mol. The zero-order valence-electron chi connectivity index (χ0n) is 15.4. The number of hydrogen-bond donors (Lipinski definition) is 0. The molecular formula is C22H23N3O. The number of hydrogen-bond acceptors (Lipinski definition) is 4. The van der Waals surface area contributed by atoms with E-state index in [1.54, 1.807) is 0 Å². The fraction of sp³-hybridized carbons (Fsp3) is 0.227. The van der Waals surface area contributed by atoms with Gasteiger partial charge in [0.25, 0.3) is 0 Å². The maximum absolute atomic E-state index is 5.66. The van der Waals surface area contributed by atoms with E-state index in [9.17, 15) is 0 Å². The average Bonchev–Trinajstić information content (AvgIpc) is 3.05. The molecule has 1 aromatic heterocycles. The second-order valence-corrected chi connectivity index (χ2v) is 7.06. The predicted octanol–water partition coefficient (Wildman–Crippen LogP) is 4.35. The second-order valence-electron chi connectivity index (χ2n) is 7.06. The quantitative estimate of drug-likeness (QED) is 0.704. The van der Waals surface area contributed by atoms with E-state index in [4.69, 9.17) is 4.52 Å². The Morgan fingerprint density at radius 3 is 2.42 bits per heavy atom. The van der Waals surface area contributed by atoms with Gasteiger partial charge in [-0.15, -0.1) is 0 Å². The SMILES string of the molecule is CN(C)Cc1ccc(C2=Cc3onc(-c4ccccc4)c3CN2C)cc1. The zero-order valence-corrected chi connectivity index (χ0v) is 15.4. The fourth-order valence-corrected chi connectivity index (χ4v) is 3.42. The van der Waals surface area contributed by atoms with Gasteiger partial charge in [0.05, 0.1) is 0 Å². The fourth-order valence-electron chi connectivity index (χ4n) is 3.42. The predicted molar refractivity (Wildman–Crippen MR) is 105 cm³/mol. The van der Waals surface area contributed by atoms with Crippen molar-refractivity contribution in [2.24, 2.45) is 0 Å². The Balaban J connectivity index is 1.67. The molecule has 26 heavy (non-hydrogen) atoms. The molecule has 0 aliphatic carbocycles. The largest absolute Gasteiger partial charge is 0.369 e. The summed E-state index contributed by atoms with van der Waals surface area (Å²) in [5.74, 6) is 0.856. The van der Waals surface area contributed by atoms with E-state index in [1.165, 1.54) is 11.1 Å². The molecule has 0 amide bonds. The summed E-state index contributed by atoms with van der Waals surface area (Å²) in [4.78, 5) is 4.43. The third-order valence-corrected chi connectivity index (χ3v) is 4.69. The van der Waals surface area contributed by atoms with Crippen LogP contribution in [-0.4, -0.2) is 36.1 Å². The minimum Gasteiger partial charge on any atom is -0.369 e. The van der Waals surface area contributed by atoms with Crippen LogP contribution in [0.2, 0.25) is 0 Å². The molecule has 2 heterocycles. The Kier molecular flexibility index (Phi) is 4.35. The minimum atomic E-state index is 0.786. The summed E-state index contributed by atoms with van der Waals surface area (Å²) in [6.45, 7) is 1.73. The molecule has 0 atom stereocenters. The summed E-state index contributed by atoms with van der Waals surface area (Å²) in [5, 5.41) is 4.33. The van der Waals surface area contributed by atoms with Gasteiger partial charge >= 0.3 is 0 Å². The van der Waals surface area contributed by atoms with Crippen LogP contribution < -0.4 is 0 Å². The molecule has 0 unspecified atom stereocenters. The lowest BCUT2D eigenvalue weighted by atomic mass is 9.99. The molecule has 132 valence electrons. The van der Waals surface area contributed by atoms with Crippen LogP contribution in [0.25, 0.3) is 23.0 Å². The van der Waals surface area contributed by atoms with Crippen LogP contribution in [0.15, 0.2) is 59.1 Å². The van der Waals surface area contributed by atoms with E-state index in [2.05, 4.69) is 78.6 Å². The van der Waals surface area contributed by atoms with Crippen LogP contribution in [0.3, 0.4) is 0 Å². The Morgan fingerprint density at radius 2 is 1.73 bits per heavy atom. The highest BCUT2D eigenvalue weighted by Gasteiger charge is 2.24. The molecule has 0 saturated heterocycles. The lowest BCUT2D eigenvalue weighted by Crippen LogP contribution is -2.20. The van der Waals surface area contributed by atoms with Crippen LogP contribution in [-0.2, 0) is 13.1 Å². The number of fused-ring (bicyclic) bond motifs is 1. The summed E-state index contributed by atoms with van der Waals surface area (Å²) < 4.78 is 5.66. The smallest absolute Gasteiger partial charge is 0.167 e. The standard InChI is InChI=1S/C22H23N3O/c1-24(2)14-16-9-11-17(12-10-16)20-13-21-19(15-25(20)3)22(23-26-21)18-7-5-4-6-8-18/h4-13H,14-15H2,1-3H3. The van der Waals surface area contributed by atoms with E-state index in [1.807, 2.05) is 18.2 Å². The molecule has 0 saturated carbocycles. The third-order valence-electron chi connectivity index (χ3n) is 4.69. The van der Waals surface area contributed by atoms with Crippen LogP contribution in [0.4, 0.5) is 0 Å². The van der Waals surface area contributed by atoms with Crippen molar-refractivity contribution < 1.29 is 4.52 Å². The second kappa shape index (κ2) is 6.81. The van der Waals surface area contributed by atoms with Gasteiger partial charge < -0.3 is 14.3 Å². The third kappa shape index (κ3) is 3.16. The van der Waals surface area contributed by atoms with Crippen LogP contribution in [0, 0.1) is 0 Å². The number of aromatic nitrogens is 1. The van der Waals surface area contributed by atoms with Crippen molar-refractivity contribution in [1.82, 2.24) is 15.0 Å². The van der Waals surface area contributed by atoms with Gasteiger partial charge in [0.2, 0.25) is 0 Å². The van der Waals surface area contributed by atoms with Crippen molar-refractivity contribution in [3.63, 3.8) is 0 Å². The highest BCUT2D eigenvalue weighted by Crippen LogP contribution is 2.35. The molecule has 1 aliphatic rings. The van der Waals surface area contributed by atoms with Crippen molar-refractivity contribution in [3.05, 3.63) is 77.0 Å². The maximum atomic E-state index is 5.66. The first-order chi connectivity index (χ1) is 12.6. The van der Waals surface area contributed by atoms with Crippen LogP contribution in [0.5, 0.6) is 0 Å². The molecule has 0 radical (unpaired) electrons. The monoisotopic (exact) mass is 345 g/mol. The first kappa shape index (κ1) is 16.6. The van der Waals surface area contributed by atoms with E-state index in [-0.39, 0.29) is 0 Å². The summed E-state index contributed by atoms with van der Waals surface area (Å²) in [6.07, 6.45) is 2.10. The van der Waals surface area contributed by atoms with Crippen molar-refractivity contribution in [2.45, 2.75) is 13.1 Å². The van der Waals surface area contributed by atoms with Gasteiger partial charge in [-0.25, -0.2) is 0 Å². The molecule has 2 aromatic carbocycles. The van der Waals surface area contributed by atoms with E-state index < -0.39 is 0 Å². The molecule has 0 bridgehead atoms. The Bertz CT molecular complexity index is 924. The molecule has 4 heteroatoms. The first-order valence-electron chi connectivity index (χ1n) is 8.82. The summed E-state index contributed by atoms with van der Waals surface area (Å²) in [5.41, 5.74) is 6.83. The summed E-state index contributed by atoms with van der Waals surface area (Å²) >= 11 is 0. The van der Waals surface area contributed by atoms with Crippen molar-refractivity contribution >= 4 is 11.8 Å². The first-order valence-corrected chi connectivity index (χ1v) is 8.82. The van der Waals surface area contributed by atoms with Crippen LogP contribution in [0.1, 0.15) is 22.5 Å².